The average Bonchev–Trinajstić information content (AvgIpc) is 2.67. The molecule has 32 heavy (non-hydrogen) atoms. The molecule has 0 amide bonds. The zero-order chi connectivity index (χ0) is 24.3. The van der Waals surface area contributed by atoms with Gasteiger partial charge in [0.1, 0.15) is 0 Å². The summed E-state index contributed by atoms with van der Waals surface area (Å²) < 4.78 is 7.06. The molecule has 1 nitrogen and oxygen atoms in total. The van der Waals surface area contributed by atoms with Gasteiger partial charge in [-0.1, -0.05) is 86.0 Å². The van der Waals surface area contributed by atoms with E-state index in [0.717, 1.165) is 18.4 Å². The number of allylic oxidation sites excluding steroid dienone is 3. The van der Waals surface area contributed by atoms with Crippen LogP contribution in [0.3, 0.4) is 0 Å². The van der Waals surface area contributed by atoms with Gasteiger partial charge >= 0.3 is 0 Å². The molecule has 0 aromatic carbocycles. The van der Waals surface area contributed by atoms with E-state index in [4.69, 9.17) is 4.43 Å². The number of fused-ring (bicyclic) bond motifs is 1. The topological polar surface area (TPSA) is 9.23 Å². The Kier molecular flexibility index (Phi) is 9.53. The molecule has 4 atom stereocenters. The lowest BCUT2D eigenvalue weighted by Gasteiger charge is -2.54. The quantitative estimate of drug-likeness (QED) is 0.220. The van der Waals surface area contributed by atoms with Crippen LogP contribution in [0.15, 0.2) is 23.8 Å². The maximum absolute atomic E-state index is 7.06. The van der Waals surface area contributed by atoms with Crippen LogP contribution in [0.5, 0.6) is 0 Å². The molecule has 0 saturated heterocycles. The second-order valence-corrected chi connectivity index (χ2v) is 18.5. The predicted octanol–water partition coefficient (Wildman–Crippen LogP) is 10.1. The Morgan fingerprint density at radius 1 is 1.09 bits per heavy atom. The molecule has 0 aliphatic heterocycles. The Morgan fingerprint density at radius 3 is 2.22 bits per heavy atom. The van der Waals surface area contributed by atoms with Gasteiger partial charge < -0.3 is 4.43 Å². The van der Waals surface area contributed by atoms with Gasteiger partial charge in [-0.15, -0.1) is 6.58 Å². The fraction of sp³-hybridized carbons (Fsp3) is 0.867. The zero-order valence-electron chi connectivity index (χ0n) is 23.4. The number of rotatable bonds is 11. The largest absolute Gasteiger partial charge is 0.416 e. The van der Waals surface area contributed by atoms with Crippen LogP contribution < -0.4 is 0 Å². The van der Waals surface area contributed by atoms with Gasteiger partial charge in [0.25, 0.3) is 0 Å². The van der Waals surface area contributed by atoms with Crippen LogP contribution in [-0.2, 0) is 4.43 Å². The van der Waals surface area contributed by atoms with Gasteiger partial charge in [0.05, 0.1) is 0 Å². The summed E-state index contributed by atoms with van der Waals surface area (Å²) in [6.45, 7) is 29.4. The summed E-state index contributed by atoms with van der Waals surface area (Å²) in [5.74, 6) is 1.48. The van der Waals surface area contributed by atoms with E-state index in [1.165, 1.54) is 56.9 Å². The zero-order valence-corrected chi connectivity index (χ0v) is 24.4. The van der Waals surface area contributed by atoms with Crippen LogP contribution in [0.1, 0.15) is 121 Å². The van der Waals surface area contributed by atoms with Crippen LogP contribution >= 0.6 is 0 Å². The molecule has 2 rings (SSSR count). The molecular weight excluding hydrogens is 404 g/mol. The molecule has 0 spiro atoms. The third kappa shape index (κ3) is 5.48. The van der Waals surface area contributed by atoms with Crippen molar-refractivity contribution in [2.24, 2.45) is 22.7 Å². The standard InChI is InChI=1S/C30H56OSi/c1-22(2)14-12-18-29(10)19-13-15-28-27(29)17-16-26(9)30(28,11)20-21-31-32(23(3)4,24(5)6)25(7)8/h17,23-26,28H,1,12-16,18-21H2,2-11H3/t26-,28-,29-,30-/m0/s1. The van der Waals surface area contributed by atoms with E-state index < -0.39 is 8.32 Å². The molecule has 0 aromatic heterocycles. The van der Waals surface area contributed by atoms with E-state index in [2.05, 4.69) is 81.9 Å². The van der Waals surface area contributed by atoms with E-state index in [-0.39, 0.29) is 0 Å². The maximum Gasteiger partial charge on any atom is 0.200 e. The molecule has 0 radical (unpaired) electrons. The van der Waals surface area contributed by atoms with Gasteiger partial charge in [-0.2, -0.15) is 0 Å². The lowest BCUT2D eigenvalue weighted by molar-refractivity contribution is 0.0362. The van der Waals surface area contributed by atoms with Gasteiger partial charge in [0.15, 0.2) is 8.32 Å². The monoisotopic (exact) mass is 460 g/mol. The van der Waals surface area contributed by atoms with Crippen molar-refractivity contribution in [2.75, 3.05) is 6.61 Å². The van der Waals surface area contributed by atoms with Gasteiger partial charge in [-0.25, -0.2) is 0 Å². The summed E-state index contributed by atoms with van der Waals surface area (Å²) in [5, 5.41) is 0. The van der Waals surface area contributed by atoms with Gasteiger partial charge in [-0.3, -0.25) is 0 Å². The Labute approximate surface area is 203 Å². The number of hydrogen-bond acceptors (Lipinski definition) is 1. The molecule has 1 saturated carbocycles. The van der Waals surface area contributed by atoms with Crippen molar-refractivity contribution < 1.29 is 4.43 Å². The van der Waals surface area contributed by atoms with E-state index in [1.807, 2.05) is 5.57 Å². The van der Waals surface area contributed by atoms with E-state index in [0.29, 0.717) is 27.5 Å². The lowest BCUT2D eigenvalue weighted by atomic mass is 9.51. The normalized spacial score (nSPS) is 31.2. The fourth-order valence-electron chi connectivity index (χ4n) is 7.82. The van der Waals surface area contributed by atoms with Crippen LogP contribution in [-0.4, -0.2) is 14.9 Å². The third-order valence-corrected chi connectivity index (χ3v) is 16.1. The molecule has 0 bridgehead atoms. The first kappa shape index (κ1) is 27.9. The molecule has 186 valence electrons. The fourth-order valence-corrected chi connectivity index (χ4v) is 13.3. The van der Waals surface area contributed by atoms with Crippen molar-refractivity contribution >= 4 is 8.32 Å². The van der Waals surface area contributed by atoms with Gasteiger partial charge in [-0.05, 0) is 91.2 Å². The van der Waals surface area contributed by atoms with Crippen molar-refractivity contribution in [3.8, 4) is 0 Å². The minimum absolute atomic E-state index is 0.366. The first-order valence-electron chi connectivity index (χ1n) is 13.8. The van der Waals surface area contributed by atoms with Crippen molar-refractivity contribution in [3.63, 3.8) is 0 Å². The summed E-state index contributed by atoms with van der Waals surface area (Å²) in [5.41, 5.74) is 5.91. The highest BCUT2D eigenvalue weighted by molar-refractivity contribution is 6.77. The molecule has 2 aliphatic rings. The van der Waals surface area contributed by atoms with E-state index in [1.54, 1.807) is 0 Å². The second-order valence-electron chi connectivity index (χ2n) is 13.0. The minimum atomic E-state index is -1.79. The van der Waals surface area contributed by atoms with Gasteiger partial charge in [0, 0.05) is 6.61 Å². The molecule has 0 unspecified atom stereocenters. The molecule has 0 N–H and O–H groups in total. The maximum atomic E-state index is 7.06. The summed E-state index contributed by atoms with van der Waals surface area (Å²) in [4.78, 5) is 0. The van der Waals surface area contributed by atoms with Crippen molar-refractivity contribution in [1.82, 2.24) is 0 Å². The highest BCUT2D eigenvalue weighted by atomic mass is 28.4. The highest BCUT2D eigenvalue weighted by Crippen LogP contribution is 2.59. The Bertz CT molecular complexity index is 638. The van der Waals surface area contributed by atoms with Gasteiger partial charge in [0.2, 0.25) is 0 Å². The molecule has 0 heterocycles. The minimum Gasteiger partial charge on any atom is -0.416 e. The first-order valence-corrected chi connectivity index (χ1v) is 15.9. The average molecular weight is 461 g/mol. The third-order valence-electron chi connectivity index (χ3n) is 9.94. The highest BCUT2D eigenvalue weighted by Gasteiger charge is 2.50. The van der Waals surface area contributed by atoms with Crippen molar-refractivity contribution in [1.29, 1.82) is 0 Å². The first-order chi connectivity index (χ1) is 14.8. The van der Waals surface area contributed by atoms with Crippen molar-refractivity contribution in [3.05, 3.63) is 23.8 Å². The molecule has 2 heteroatoms. The molecular formula is C30H56OSi. The summed E-state index contributed by atoms with van der Waals surface area (Å²) in [6, 6.07) is 0. The summed E-state index contributed by atoms with van der Waals surface area (Å²) in [6.07, 6.45) is 13.1. The van der Waals surface area contributed by atoms with Crippen LogP contribution in [0.2, 0.25) is 16.6 Å². The second kappa shape index (κ2) is 10.9. The van der Waals surface area contributed by atoms with Crippen LogP contribution in [0, 0.1) is 22.7 Å². The SMILES string of the molecule is C=C(C)CCC[C@@]1(C)CCC[C@H]2C1=CC[C@H](C)[C@]2(C)CCO[Si](C(C)C)(C(C)C)C(C)C. The van der Waals surface area contributed by atoms with Crippen molar-refractivity contribution in [2.45, 2.75) is 137 Å². The summed E-state index contributed by atoms with van der Waals surface area (Å²) >= 11 is 0. The summed E-state index contributed by atoms with van der Waals surface area (Å²) in [7, 11) is -1.79. The van der Waals surface area contributed by atoms with E-state index in [9.17, 15) is 0 Å². The molecule has 1 fully saturated rings. The number of hydrogen-bond donors (Lipinski definition) is 0. The Hall–Kier alpha value is -0.343. The lowest BCUT2D eigenvalue weighted by Crippen LogP contribution is -2.49. The molecule has 2 aliphatic carbocycles. The Morgan fingerprint density at radius 2 is 1.69 bits per heavy atom. The van der Waals surface area contributed by atoms with E-state index >= 15 is 0 Å². The smallest absolute Gasteiger partial charge is 0.200 e. The van der Waals surface area contributed by atoms with Crippen LogP contribution in [0.4, 0.5) is 0 Å². The molecule has 0 aromatic rings. The van der Waals surface area contributed by atoms with Crippen LogP contribution in [0.25, 0.3) is 0 Å². The predicted molar refractivity (Wildman–Crippen MR) is 146 cm³/mol. The Balaban J connectivity index is 2.19.